The van der Waals surface area contributed by atoms with Gasteiger partial charge in [0.25, 0.3) is 5.97 Å². The van der Waals surface area contributed by atoms with Gasteiger partial charge in [-0.25, -0.2) is 9.18 Å². The number of allylic oxidation sites excluding steroid dienone is 4. The summed E-state index contributed by atoms with van der Waals surface area (Å²) in [6.45, 7) is 12.4. The first-order valence-electron chi connectivity index (χ1n) is 17.0. The molecule has 0 saturated carbocycles. The highest BCUT2D eigenvalue weighted by molar-refractivity contribution is 5.89. The van der Waals surface area contributed by atoms with Crippen molar-refractivity contribution in [3.05, 3.63) is 144 Å². The predicted molar refractivity (Wildman–Crippen MR) is 200 cm³/mol. The average Bonchev–Trinajstić information content (AvgIpc) is 3.14. The van der Waals surface area contributed by atoms with E-state index in [0.717, 1.165) is 43.0 Å². The molecule has 1 unspecified atom stereocenters. The number of ether oxygens (including phenoxy) is 2. The summed E-state index contributed by atoms with van der Waals surface area (Å²) >= 11 is 0. The van der Waals surface area contributed by atoms with Gasteiger partial charge in [-0.1, -0.05) is 105 Å². The molecular formula is C41H52FN3O6. The van der Waals surface area contributed by atoms with Gasteiger partial charge in [0.2, 0.25) is 5.91 Å². The Balaban J connectivity index is 0.000000582. The topological polar surface area (TPSA) is 126 Å². The Labute approximate surface area is 301 Å². The smallest absolute Gasteiger partial charge is 0.407 e. The molecule has 0 aromatic heterocycles. The molecule has 1 aliphatic rings. The highest BCUT2D eigenvalue weighted by atomic mass is 19.1. The lowest BCUT2D eigenvalue weighted by molar-refractivity contribution is -0.134. The van der Waals surface area contributed by atoms with Crippen LogP contribution in [0.3, 0.4) is 0 Å². The van der Waals surface area contributed by atoms with Crippen LogP contribution in [0.25, 0.3) is 0 Å². The van der Waals surface area contributed by atoms with E-state index < -0.39 is 24.0 Å². The zero-order chi connectivity index (χ0) is 37.6. The molecule has 3 aromatic carbocycles. The average molecular weight is 702 g/mol. The van der Waals surface area contributed by atoms with Crippen LogP contribution in [-0.2, 0) is 25.5 Å². The number of hydrogen-bond donors (Lipinski definition) is 4. The number of carbonyl (C=O) groups is 3. The second kappa shape index (κ2) is 23.4. The summed E-state index contributed by atoms with van der Waals surface area (Å²) in [5.74, 6) is -1.78. The molecule has 1 fully saturated rings. The van der Waals surface area contributed by atoms with Crippen molar-refractivity contribution in [3.8, 4) is 0 Å². The first kappa shape index (κ1) is 42.1. The third-order valence-corrected chi connectivity index (χ3v) is 7.94. The standard InChI is InChI=1S/C31H39N3O4.C8H9F.C2H4O2/c1-5-13-23(18-19-26-20-32-22(3)21-38-26)27(6-2)33-30(35)29(34-31(36)37-4)28(24-14-9-7-10-15-24)25-16-11-8-12-17-25;1-2-7-3-5-8(9)6-4-7;1-2(3)4/h5-17,22,26,28-29,32H,1,18-21H2,2-4H3,(H,33,35)(H,34,36);3-6H,2H2,1H3;1H3,(H,3,4)/b23-13-,27-6+;;/t22-,26-,29?;;/m1../s1. The molecule has 4 rings (SSSR count). The molecule has 3 atom stereocenters. The summed E-state index contributed by atoms with van der Waals surface area (Å²) in [5.41, 5.74) is 4.58. The Morgan fingerprint density at radius 2 is 1.61 bits per heavy atom. The highest BCUT2D eigenvalue weighted by Crippen LogP contribution is 2.29. The number of benzene rings is 3. The van der Waals surface area contributed by atoms with Gasteiger partial charge in [0.15, 0.2) is 0 Å². The third-order valence-electron chi connectivity index (χ3n) is 7.94. The fraction of sp³-hybridized carbons (Fsp3) is 0.341. The van der Waals surface area contributed by atoms with Gasteiger partial charge in [0.05, 0.1) is 19.8 Å². The van der Waals surface area contributed by atoms with E-state index >= 15 is 0 Å². The Morgan fingerprint density at radius 1 is 1.04 bits per heavy atom. The van der Waals surface area contributed by atoms with Crippen LogP contribution in [0.1, 0.15) is 63.1 Å². The highest BCUT2D eigenvalue weighted by Gasteiger charge is 2.33. The third kappa shape index (κ3) is 15.6. The van der Waals surface area contributed by atoms with Gasteiger partial charge in [0.1, 0.15) is 11.9 Å². The maximum atomic E-state index is 13.9. The van der Waals surface area contributed by atoms with Crippen LogP contribution < -0.4 is 16.0 Å². The lowest BCUT2D eigenvalue weighted by atomic mass is 9.84. The van der Waals surface area contributed by atoms with E-state index in [-0.39, 0.29) is 17.8 Å². The molecule has 1 saturated heterocycles. The van der Waals surface area contributed by atoms with Crippen molar-refractivity contribution in [2.75, 3.05) is 20.3 Å². The van der Waals surface area contributed by atoms with Gasteiger partial charge in [0, 0.05) is 31.1 Å². The number of rotatable bonds is 12. The van der Waals surface area contributed by atoms with Gasteiger partial charge in [-0.2, -0.15) is 0 Å². The maximum Gasteiger partial charge on any atom is 0.407 e. The van der Waals surface area contributed by atoms with E-state index in [2.05, 4.69) is 29.5 Å². The van der Waals surface area contributed by atoms with E-state index in [4.69, 9.17) is 19.4 Å². The Kier molecular flexibility index (Phi) is 19.3. The molecule has 1 heterocycles. The molecule has 0 aliphatic carbocycles. The molecule has 1 aliphatic heterocycles. The van der Waals surface area contributed by atoms with Gasteiger partial charge >= 0.3 is 6.09 Å². The SMILES string of the molecule is C=C/C=C(CC[C@@H]1CN[C@H](C)CO1)\C(=C/C)NC(=O)C(NC(=O)OC)C(c1ccccc1)c1ccccc1.CC(=O)O.CCc1ccc(F)cc1. The molecule has 4 N–H and O–H groups in total. The summed E-state index contributed by atoms with van der Waals surface area (Å²) in [4.78, 5) is 35.3. The molecule has 51 heavy (non-hydrogen) atoms. The summed E-state index contributed by atoms with van der Waals surface area (Å²) in [7, 11) is 1.29. The van der Waals surface area contributed by atoms with Gasteiger partial charge in [-0.05, 0) is 67.5 Å². The maximum absolute atomic E-state index is 13.9. The zero-order valence-corrected chi connectivity index (χ0v) is 30.2. The molecule has 10 heteroatoms. The number of carboxylic acids is 1. The molecule has 0 radical (unpaired) electrons. The Morgan fingerprint density at radius 3 is 2.06 bits per heavy atom. The molecule has 3 aromatic rings. The molecule has 274 valence electrons. The van der Waals surface area contributed by atoms with Crippen molar-refractivity contribution in [3.63, 3.8) is 0 Å². The lowest BCUT2D eigenvalue weighted by Crippen LogP contribution is -2.50. The van der Waals surface area contributed by atoms with Crippen molar-refractivity contribution in [2.45, 2.75) is 71.1 Å². The Bertz CT molecular complexity index is 1510. The fourth-order valence-corrected chi connectivity index (χ4v) is 5.34. The van der Waals surface area contributed by atoms with E-state index in [1.807, 2.05) is 86.7 Å². The first-order valence-corrected chi connectivity index (χ1v) is 17.0. The van der Waals surface area contributed by atoms with E-state index in [1.165, 1.54) is 24.8 Å². The van der Waals surface area contributed by atoms with Crippen molar-refractivity contribution < 1.29 is 33.4 Å². The number of nitrogens with one attached hydrogen (secondary N) is 3. The first-order chi connectivity index (χ1) is 24.5. The number of aryl methyl sites for hydroxylation is 1. The summed E-state index contributed by atoms with van der Waals surface area (Å²) in [6, 6.07) is 25.3. The number of morpholine rings is 1. The van der Waals surface area contributed by atoms with Crippen molar-refractivity contribution in [1.29, 1.82) is 0 Å². The van der Waals surface area contributed by atoms with Crippen LogP contribution in [0.4, 0.5) is 9.18 Å². The summed E-state index contributed by atoms with van der Waals surface area (Å²) in [6.07, 6.45) is 7.38. The number of halogens is 1. The molecule has 2 amide bonds. The number of amides is 2. The predicted octanol–water partition coefficient (Wildman–Crippen LogP) is 7.31. The number of aliphatic carboxylic acids is 1. The molecule has 0 bridgehead atoms. The number of carboxylic acid groups (broad SMARTS) is 1. The normalized spacial score (nSPS) is 16.3. The number of hydrogen-bond acceptors (Lipinski definition) is 6. The van der Waals surface area contributed by atoms with E-state index in [0.29, 0.717) is 24.8 Å². The van der Waals surface area contributed by atoms with Crippen molar-refractivity contribution >= 4 is 18.0 Å². The largest absolute Gasteiger partial charge is 0.481 e. The summed E-state index contributed by atoms with van der Waals surface area (Å²) in [5, 5.41) is 16.7. The van der Waals surface area contributed by atoms with Crippen LogP contribution in [0, 0.1) is 5.82 Å². The van der Waals surface area contributed by atoms with Crippen LogP contribution in [0.2, 0.25) is 0 Å². The van der Waals surface area contributed by atoms with Crippen LogP contribution >= 0.6 is 0 Å². The molecule has 9 nitrogen and oxygen atoms in total. The number of carbonyl (C=O) groups excluding carboxylic acids is 2. The lowest BCUT2D eigenvalue weighted by Gasteiger charge is -2.29. The molecular weight excluding hydrogens is 649 g/mol. The minimum Gasteiger partial charge on any atom is -0.481 e. The van der Waals surface area contributed by atoms with Crippen molar-refractivity contribution in [1.82, 2.24) is 16.0 Å². The number of methoxy groups -OCH3 is 1. The Hall–Kier alpha value is -5.06. The minimum atomic E-state index is -0.931. The van der Waals surface area contributed by atoms with Gasteiger partial charge in [-0.3, -0.25) is 9.59 Å². The zero-order valence-electron chi connectivity index (χ0n) is 30.2. The van der Waals surface area contributed by atoms with Crippen LogP contribution in [0.15, 0.2) is 121 Å². The monoisotopic (exact) mass is 701 g/mol. The minimum absolute atomic E-state index is 0.0995. The van der Waals surface area contributed by atoms with E-state index in [9.17, 15) is 14.0 Å². The second-order valence-electron chi connectivity index (χ2n) is 11.8. The second-order valence-corrected chi connectivity index (χ2v) is 11.8. The molecule has 0 spiro atoms. The van der Waals surface area contributed by atoms with E-state index in [1.54, 1.807) is 18.2 Å². The van der Waals surface area contributed by atoms with Crippen LogP contribution in [-0.4, -0.2) is 61.5 Å². The van der Waals surface area contributed by atoms with Gasteiger partial charge in [-0.15, -0.1) is 0 Å². The van der Waals surface area contributed by atoms with Crippen LogP contribution in [0.5, 0.6) is 0 Å². The fourth-order valence-electron chi connectivity index (χ4n) is 5.34. The number of alkyl carbamates (subject to hydrolysis) is 1. The van der Waals surface area contributed by atoms with Crippen molar-refractivity contribution in [2.24, 2.45) is 0 Å². The van der Waals surface area contributed by atoms with Gasteiger partial charge < -0.3 is 30.5 Å². The summed E-state index contributed by atoms with van der Waals surface area (Å²) < 4.78 is 23.1. The quantitative estimate of drug-likeness (QED) is 0.146.